The predicted molar refractivity (Wildman–Crippen MR) is 79.4 cm³/mol. The summed E-state index contributed by atoms with van der Waals surface area (Å²) in [4.78, 5) is 0. The van der Waals surface area contributed by atoms with E-state index in [4.69, 9.17) is 0 Å². The summed E-state index contributed by atoms with van der Waals surface area (Å²) in [6.45, 7) is 0. The van der Waals surface area contributed by atoms with E-state index in [0.29, 0.717) is 16.5 Å². The monoisotopic (exact) mass is 271 g/mol. The molecule has 0 spiro atoms. The first-order chi connectivity index (χ1) is 8.83. The zero-order valence-electron chi connectivity index (χ0n) is 11.8. The SMILES string of the molecule is CNC1CCCCCCC1S(=O)C1CCCCC1. The van der Waals surface area contributed by atoms with Crippen molar-refractivity contribution in [2.24, 2.45) is 0 Å². The van der Waals surface area contributed by atoms with Gasteiger partial charge in [-0.15, -0.1) is 0 Å². The Morgan fingerprint density at radius 2 is 1.39 bits per heavy atom. The number of nitrogens with one attached hydrogen (secondary N) is 1. The first-order valence-corrected chi connectivity index (χ1v) is 9.17. The highest BCUT2D eigenvalue weighted by Gasteiger charge is 2.31. The normalized spacial score (nSPS) is 33.6. The van der Waals surface area contributed by atoms with E-state index in [-0.39, 0.29) is 0 Å². The van der Waals surface area contributed by atoms with Crippen LogP contribution in [0.25, 0.3) is 0 Å². The van der Waals surface area contributed by atoms with Gasteiger partial charge in [0.2, 0.25) is 0 Å². The molecule has 0 amide bonds. The third kappa shape index (κ3) is 3.80. The zero-order valence-corrected chi connectivity index (χ0v) is 12.6. The van der Waals surface area contributed by atoms with E-state index in [2.05, 4.69) is 12.4 Å². The van der Waals surface area contributed by atoms with E-state index < -0.39 is 10.8 Å². The Morgan fingerprint density at radius 1 is 0.833 bits per heavy atom. The van der Waals surface area contributed by atoms with Crippen LogP contribution in [0.1, 0.15) is 70.6 Å². The van der Waals surface area contributed by atoms with Gasteiger partial charge in [-0.3, -0.25) is 4.21 Å². The highest BCUT2D eigenvalue weighted by atomic mass is 32.2. The molecule has 2 fully saturated rings. The lowest BCUT2D eigenvalue weighted by Crippen LogP contribution is -2.44. The Balaban J connectivity index is 1.98. The van der Waals surface area contributed by atoms with Crippen LogP contribution in [0.4, 0.5) is 0 Å². The Bertz CT molecular complexity index is 263. The summed E-state index contributed by atoms with van der Waals surface area (Å²) < 4.78 is 12.9. The molecule has 2 saturated carbocycles. The lowest BCUT2D eigenvalue weighted by atomic mass is 9.96. The molecule has 2 nitrogen and oxygen atoms in total. The minimum Gasteiger partial charge on any atom is -0.316 e. The summed E-state index contributed by atoms with van der Waals surface area (Å²) in [6, 6.07) is 0.494. The minimum absolute atomic E-state index is 0.415. The number of hydrogen-bond acceptors (Lipinski definition) is 2. The van der Waals surface area contributed by atoms with E-state index in [1.54, 1.807) is 0 Å². The van der Waals surface area contributed by atoms with Gasteiger partial charge in [0.15, 0.2) is 0 Å². The van der Waals surface area contributed by atoms with Crippen molar-refractivity contribution < 1.29 is 4.21 Å². The molecule has 106 valence electrons. The highest BCUT2D eigenvalue weighted by molar-refractivity contribution is 7.86. The zero-order chi connectivity index (χ0) is 12.8. The lowest BCUT2D eigenvalue weighted by molar-refractivity contribution is 0.409. The molecule has 3 unspecified atom stereocenters. The van der Waals surface area contributed by atoms with E-state index >= 15 is 0 Å². The van der Waals surface area contributed by atoms with Gasteiger partial charge in [-0.25, -0.2) is 0 Å². The highest BCUT2D eigenvalue weighted by Crippen LogP contribution is 2.29. The summed E-state index contributed by atoms with van der Waals surface area (Å²) in [5.74, 6) is 0. The average Bonchev–Trinajstić information content (AvgIpc) is 2.39. The fraction of sp³-hybridized carbons (Fsp3) is 1.00. The Morgan fingerprint density at radius 3 is 2.06 bits per heavy atom. The molecule has 0 aromatic rings. The van der Waals surface area contributed by atoms with E-state index in [1.165, 1.54) is 70.6 Å². The Labute approximate surface area is 115 Å². The average molecular weight is 271 g/mol. The standard InChI is InChI=1S/C15H29NOS/c1-16-14-11-7-2-3-8-12-15(14)18(17)13-9-5-4-6-10-13/h13-16H,2-12H2,1H3. The van der Waals surface area contributed by atoms with Crippen LogP contribution in [0.3, 0.4) is 0 Å². The van der Waals surface area contributed by atoms with Crippen molar-refractivity contribution >= 4 is 10.8 Å². The van der Waals surface area contributed by atoms with Gasteiger partial charge in [0.1, 0.15) is 0 Å². The molecule has 2 aliphatic carbocycles. The largest absolute Gasteiger partial charge is 0.316 e. The molecule has 0 heterocycles. The molecular weight excluding hydrogens is 242 g/mol. The minimum atomic E-state index is -0.604. The fourth-order valence-corrected chi connectivity index (χ4v) is 5.89. The van der Waals surface area contributed by atoms with Gasteiger partial charge in [-0.2, -0.15) is 0 Å². The number of hydrogen-bond donors (Lipinski definition) is 1. The van der Waals surface area contributed by atoms with Gasteiger partial charge < -0.3 is 5.32 Å². The second kappa shape index (κ2) is 7.64. The van der Waals surface area contributed by atoms with Crippen LogP contribution >= 0.6 is 0 Å². The van der Waals surface area contributed by atoms with Crippen LogP contribution < -0.4 is 5.32 Å². The molecule has 1 N–H and O–H groups in total. The molecule has 0 radical (unpaired) electrons. The summed E-state index contributed by atoms with van der Waals surface area (Å²) in [5.41, 5.74) is 0. The molecule has 2 rings (SSSR count). The van der Waals surface area contributed by atoms with Gasteiger partial charge in [0.05, 0.1) is 5.25 Å². The van der Waals surface area contributed by atoms with E-state index in [1.807, 2.05) is 0 Å². The molecule has 2 aliphatic rings. The summed E-state index contributed by atoms with van der Waals surface area (Å²) in [6.07, 6.45) is 14.1. The second-order valence-corrected chi connectivity index (χ2v) is 7.94. The Hall–Kier alpha value is 0.110. The van der Waals surface area contributed by atoms with Crippen molar-refractivity contribution in [3.05, 3.63) is 0 Å². The van der Waals surface area contributed by atoms with Crippen molar-refractivity contribution in [3.8, 4) is 0 Å². The summed E-state index contributed by atoms with van der Waals surface area (Å²) in [5, 5.41) is 4.36. The van der Waals surface area contributed by atoms with Crippen molar-refractivity contribution in [1.29, 1.82) is 0 Å². The summed E-state index contributed by atoms with van der Waals surface area (Å²) >= 11 is 0. The topological polar surface area (TPSA) is 29.1 Å². The second-order valence-electron chi connectivity index (χ2n) is 6.01. The molecule has 0 saturated heterocycles. The molecule has 3 heteroatoms. The van der Waals surface area contributed by atoms with Gasteiger partial charge in [0.25, 0.3) is 0 Å². The molecule has 0 aromatic carbocycles. The third-order valence-corrected chi connectivity index (χ3v) is 7.04. The van der Waals surface area contributed by atoms with Crippen LogP contribution in [-0.2, 0) is 10.8 Å². The van der Waals surface area contributed by atoms with Gasteiger partial charge in [-0.05, 0) is 32.7 Å². The van der Waals surface area contributed by atoms with Crippen LogP contribution in [0.2, 0.25) is 0 Å². The Kier molecular flexibility index (Phi) is 6.16. The molecule has 0 aromatic heterocycles. The first-order valence-electron chi connectivity index (χ1n) is 7.89. The lowest BCUT2D eigenvalue weighted by Gasteiger charge is -2.32. The fourth-order valence-electron chi connectivity index (χ4n) is 3.60. The first kappa shape index (κ1) is 14.5. The molecule has 3 atom stereocenters. The van der Waals surface area contributed by atoms with Crippen molar-refractivity contribution in [2.45, 2.75) is 87.2 Å². The van der Waals surface area contributed by atoms with Crippen molar-refractivity contribution in [2.75, 3.05) is 7.05 Å². The maximum atomic E-state index is 12.9. The molecular formula is C15H29NOS. The molecule has 0 aliphatic heterocycles. The van der Waals surface area contributed by atoms with Gasteiger partial charge in [0, 0.05) is 22.1 Å². The van der Waals surface area contributed by atoms with E-state index in [9.17, 15) is 4.21 Å². The van der Waals surface area contributed by atoms with Gasteiger partial charge >= 0.3 is 0 Å². The quantitative estimate of drug-likeness (QED) is 0.852. The van der Waals surface area contributed by atoms with E-state index in [0.717, 1.165) is 0 Å². The van der Waals surface area contributed by atoms with Crippen LogP contribution in [0.5, 0.6) is 0 Å². The third-order valence-electron chi connectivity index (χ3n) is 4.75. The molecule has 0 bridgehead atoms. The van der Waals surface area contributed by atoms with Crippen LogP contribution in [0, 0.1) is 0 Å². The van der Waals surface area contributed by atoms with Gasteiger partial charge in [-0.1, -0.05) is 44.9 Å². The van der Waals surface area contributed by atoms with Crippen molar-refractivity contribution in [1.82, 2.24) is 5.32 Å². The van der Waals surface area contributed by atoms with Crippen LogP contribution in [0.15, 0.2) is 0 Å². The van der Waals surface area contributed by atoms with Crippen molar-refractivity contribution in [3.63, 3.8) is 0 Å². The smallest absolute Gasteiger partial charge is 0.0503 e. The maximum absolute atomic E-state index is 12.9. The number of rotatable bonds is 3. The predicted octanol–water partition coefficient (Wildman–Crippen LogP) is 3.38. The molecule has 18 heavy (non-hydrogen) atoms. The summed E-state index contributed by atoms with van der Waals surface area (Å²) in [7, 11) is 1.45. The maximum Gasteiger partial charge on any atom is 0.0503 e. The van der Waals surface area contributed by atoms with Crippen LogP contribution in [-0.4, -0.2) is 27.8 Å².